The predicted molar refractivity (Wildman–Crippen MR) is 99.2 cm³/mol. The summed E-state index contributed by atoms with van der Waals surface area (Å²) in [6.07, 6.45) is 2.35. The number of carbonyl (C=O) groups excluding carboxylic acids is 1. The topological polar surface area (TPSA) is 67.0 Å². The highest BCUT2D eigenvalue weighted by atomic mass is 16.5. The number of rotatable bonds is 6. The fourth-order valence-electron chi connectivity index (χ4n) is 2.82. The zero-order chi connectivity index (χ0) is 17.8. The Balaban J connectivity index is 1.63. The van der Waals surface area contributed by atoms with Gasteiger partial charge in [0.1, 0.15) is 5.75 Å². The number of hydrogen-bond acceptors (Lipinski definition) is 3. The van der Waals surface area contributed by atoms with Crippen molar-refractivity contribution in [1.82, 2.24) is 15.3 Å². The predicted octanol–water partition coefficient (Wildman–Crippen LogP) is 3.67. The van der Waals surface area contributed by atoms with Crippen LogP contribution in [0.15, 0.2) is 42.7 Å². The van der Waals surface area contributed by atoms with Gasteiger partial charge in [0, 0.05) is 12.1 Å². The molecule has 0 aliphatic rings. The van der Waals surface area contributed by atoms with Gasteiger partial charge >= 0.3 is 0 Å². The summed E-state index contributed by atoms with van der Waals surface area (Å²) in [5.74, 6) is 1.24. The number of nitrogens with zero attached hydrogens (tertiary/aromatic N) is 1. The number of imidazole rings is 1. The Kier molecular flexibility index (Phi) is 5.03. The van der Waals surface area contributed by atoms with E-state index in [0.29, 0.717) is 18.0 Å². The quantitative estimate of drug-likeness (QED) is 0.721. The molecule has 0 radical (unpaired) electrons. The lowest BCUT2D eigenvalue weighted by Crippen LogP contribution is -2.25. The van der Waals surface area contributed by atoms with Crippen LogP contribution >= 0.6 is 0 Å². The van der Waals surface area contributed by atoms with Crippen LogP contribution in [0.5, 0.6) is 5.75 Å². The number of fused-ring (bicyclic) bond motifs is 1. The molecule has 5 nitrogen and oxygen atoms in total. The van der Waals surface area contributed by atoms with E-state index in [1.54, 1.807) is 19.5 Å². The molecule has 130 valence electrons. The van der Waals surface area contributed by atoms with E-state index >= 15 is 0 Å². The van der Waals surface area contributed by atoms with Gasteiger partial charge in [-0.25, -0.2) is 4.98 Å². The molecule has 1 aromatic heterocycles. The van der Waals surface area contributed by atoms with Crippen molar-refractivity contribution in [1.29, 1.82) is 0 Å². The van der Waals surface area contributed by atoms with E-state index in [1.807, 2.05) is 12.1 Å². The van der Waals surface area contributed by atoms with Gasteiger partial charge in [-0.05, 0) is 47.7 Å². The summed E-state index contributed by atoms with van der Waals surface area (Å²) in [5.41, 5.74) is 4.68. The molecule has 0 saturated heterocycles. The maximum Gasteiger partial charge on any atom is 0.251 e. The summed E-state index contributed by atoms with van der Waals surface area (Å²) in [5, 5.41) is 2.96. The van der Waals surface area contributed by atoms with Crippen molar-refractivity contribution in [2.24, 2.45) is 0 Å². The van der Waals surface area contributed by atoms with Gasteiger partial charge in [0.25, 0.3) is 5.91 Å². The third-order valence-electron chi connectivity index (χ3n) is 4.34. The Bertz CT molecular complexity index is 884. The summed E-state index contributed by atoms with van der Waals surface area (Å²) >= 11 is 0. The van der Waals surface area contributed by atoms with E-state index < -0.39 is 0 Å². The lowest BCUT2D eigenvalue weighted by Gasteiger charge is -2.13. The van der Waals surface area contributed by atoms with Gasteiger partial charge in [0.05, 0.1) is 24.5 Å². The standard InChI is InChI=1S/C20H23N3O2/c1-13(2)15-5-4-14(19(11-15)25-3)8-9-21-20(24)16-6-7-17-18(10-16)23-12-22-17/h4-7,10-13H,8-9H2,1-3H3,(H,21,24)(H,22,23). The molecule has 5 heteroatoms. The van der Waals surface area contributed by atoms with Crippen molar-refractivity contribution >= 4 is 16.9 Å². The first-order chi connectivity index (χ1) is 12.1. The van der Waals surface area contributed by atoms with E-state index in [1.165, 1.54) is 5.56 Å². The molecule has 3 aromatic rings. The number of methoxy groups -OCH3 is 1. The highest BCUT2D eigenvalue weighted by Gasteiger charge is 2.09. The molecule has 3 rings (SSSR count). The van der Waals surface area contributed by atoms with Crippen molar-refractivity contribution in [3.8, 4) is 5.75 Å². The number of aromatic nitrogens is 2. The first-order valence-corrected chi connectivity index (χ1v) is 8.46. The van der Waals surface area contributed by atoms with Crippen LogP contribution in [0, 0.1) is 0 Å². The third kappa shape index (κ3) is 3.82. The van der Waals surface area contributed by atoms with Crippen LogP contribution in [0.4, 0.5) is 0 Å². The zero-order valence-corrected chi connectivity index (χ0v) is 14.8. The summed E-state index contributed by atoms with van der Waals surface area (Å²) in [4.78, 5) is 19.5. The average Bonchev–Trinajstić information content (AvgIpc) is 3.09. The smallest absolute Gasteiger partial charge is 0.251 e. The number of benzene rings is 2. The second-order valence-corrected chi connectivity index (χ2v) is 6.37. The Morgan fingerprint density at radius 3 is 2.84 bits per heavy atom. The van der Waals surface area contributed by atoms with Crippen molar-refractivity contribution < 1.29 is 9.53 Å². The fourth-order valence-corrected chi connectivity index (χ4v) is 2.82. The van der Waals surface area contributed by atoms with Gasteiger partial charge in [0.15, 0.2) is 0 Å². The average molecular weight is 337 g/mol. The monoisotopic (exact) mass is 337 g/mol. The lowest BCUT2D eigenvalue weighted by molar-refractivity contribution is 0.0954. The molecule has 2 aromatic carbocycles. The zero-order valence-electron chi connectivity index (χ0n) is 14.8. The number of aromatic amines is 1. The molecule has 0 spiro atoms. The minimum atomic E-state index is -0.0886. The second-order valence-electron chi connectivity index (χ2n) is 6.37. The number of amides is 1. The van der Waals surface area contributed by atoms with Crippen molar-refractivity contribution in [3.63, 3.8) is 0 Å². The second kappa shape index (κ2) is 7.38. The summed E-state index contributed by atoms with van der Waals surface area (Å²) in [6, 6.07) is 11.7. The molecule has 1 amide bonds. The molecule has 0 aliphatic carbocycles. The van der Waals surface area contributed by atoms with Gasteiger partial charge in [-0.2, -0.15) is 0 Å². The van der Waals surface area contributed by atoms with Crippen LogP contribution in [0.1, 0.15) is 41.3 Å². The highest BCUT2D eigenvalue weighted by molar-refractivity contribution is 5.97. The molecular weight excluding hydrogens is 314 g/mol. The van der Waals surface area contributed by atoms with Crippen LogP contribution in [0.25, 0.3) is 11.0 Å². The Morgan fingerprint density at radius 1 is 1.24 bits per heavy atom. The molecule has 0 saturated carbocycles. The summed E-state index contributed by atoms with van der Waals surface area (Å²) < 4.78 is 5.49. The minimum Gasteiger partial charge on any atom is -0.496 e. The first kappa shape index (κ1) is 17.0. The molecule has 0 atom stereocenters. The first-order valence-electron chi connectivity index (χ1n) is 8.46. The van der Waals surface area contributed by atoms with Crippen LogP contribution < -0.4 is 10.1 Å². The summed E-state index contributed by atoms with van der Waals surface area (Å²) in [6.45, 7) is 4.87. The lowest BCUT2D eigenvalue weighted by atomic mass is 10.00. The molecular formula is C20H23N3O2. The van der Waals surface area contributed by atoms with Crippen LogP contribution in [0.2, 0.25) is 0 Å². The Labute approximate surface area is 147 Å². The van der Waals surface area contributed by atoms with Crippen LogP contribution in [-0.2, 0) is 6.42 Å². The number of H-pyrrole nitrogens is 1. The van der Waals surface area contributed by atoms with Gasteiger partial charge in [-0.1, -0.05) is 26.0 Å². The Hall–Kier alpha value is -2.82. The van der Waals surface area contributed by atoms with Crippen molar-refractivity contribution in [2.45, 2.75) is 26.2 Å². The van der Waals surface area contributed by atoms with Gasteiger partial charge in [-0.15, -0.1) is 0 Å². The SMILES string of the molecule is COc1cc(C(C)C)ccc1CCNC(=O)c1ccc2nc[nH]c2c1. The molecule has 0 bridgehead atoms. The Morgan fingerprint density at radius 2 is 2.08 bits per heavy atom. The number of ether oxygens (including phenoxy) is 1. The van der Waals surface area contributed by atoms with E-state index in [9.17, 15) is 4.79 Å². The van der Waals surface area contributed by atoms with E-state index in [2.05, 4.69) is 47.3 Å². The normalized spacial score (nSPS) is 11.0. The maximum absolute atomic E-state index is 12.3. The number of hydrogen-bond donors (Lipinski definition) is 2. The van der Waals surface area contributed by atoms with Gasteiger partial charge in [0.2, 0.25) is 0 Å². The maximum atomic E-state index is 12.3. The van der Waals surface area contributed by atoms with Crippen molar-refractivity contribution in [2.75, 3.05) is 13.7 Å². The van der Waals surface area contributed by atoms with Crippen LogP contribution in [0.3, 0.4) is 0 Å². The van der Waals surface area contributed by atoms with E-state index in [4.69, 9.17) is 4.74 Å². The highest BCUT2D eigenvalue weighted by Crippen LogP contribution is 2.25. The van der Waals surface area contributed by atoms with E-state index in [0.717, 1.165) is 28.8 Å². The third-order valence-corrected chi connectivity index (χ3v) is 4.34. The number of nitrogens with one attached hydrogen (secondary N) is 2. The van der Waals surface area contributed by atoms with Crippen molar-refractivity contribution in [3.05, 3.63) is 59.4 Å². The number of carbonyl (C=O) groups is 1. The fraction of sp³-hybridized carbons (Fsp3) is 0.300. The molecule has 2 N–H and O–H groups in total. The largest absolute Gasteiger partial charge is 0.496 e. The molecule has 0 unspecified atom stereocenters. The van der Waals surface area contributed by atoms with Gasteiger partial charge < -0.3 is 15.0 Å². The van der Waals surface area contributed by atoms with E-state index in [-0.39, 0.29) is 5.91 Å². The van der Waals surface area contributed by atoms with Crippen LogP contribution in [-0.4, -0.2) is 29.5 Å². The minimum absolute atomic E-state index is 0.0886. The molecule has 25 heavy (non-hydrogen) atoms. The molecule has 0 fully saturated rings. The van der Waals surface area contributed by atoms with Gasteiger partial charge in [-0.3, -0.25) is 4.79 Å². The molecule has 1 heterocycles. The molecule has 0 aliphatic heterocycles. The summed E-state index contributed by atoms with van der Waals surface area (Å²) in [7, 11) is 1.68.